The van der Waals surface area contributed by atoms with E-state index in [4.69, 9.17) is 9.84 Å². The van der Waals surface area contributed by atoms with Crippen LogP contribution in [0.3, 0.4) is 0 Å². The number of carbonyl (C=O) groups is 2. The summed E-state index contributed by atoms with van der Waals surface area (Å²) >= 11 is 0. The van der Waals surface area contributed by atoms with Gasteiger partial charge in [0.2, 0.25) is 0 Å². The minimum atomic E-state index is -0.965. The fourth-order valence-corrected chi connectivity index (χ4v) is 3.55. The first kappa shape index (κ1) is 27.3. The number of amides is 1. The second kappa shape index (κ2) is 14.3. The van der Waals surface area contributed by atoms with Gasteiger partial charge in [0.15, 0.2) is 0 Å². The Morgan fingerprint density at radius 3 is 2.63 bits per heavy atom. The first-order chi connectivity index (χ1) is 16.9. The largest absolute Gasteiger partial charge is 0.493 e. The maximum absolute atomic E-state index is 12.2. The summed E-state index contributed by atoms with van der Waals surface area (Å²) in [4.78, 5) is 33.3. The van der Waals surface area contributed by atoms with Gasteiger partial charge in [-0.15, -0.1) is 0 Å². The van der Waals surface area contributed by atoms with Crippen LogP contribution in [-0.4, -0.2) is 61.6 Å². The zero-order valence-electron chi connectivity index (χ0n) is 20.4. The van der Waals surface area contributed by atoms with Crippen LogP contribution in [0, 0.1) is 5.92 Å². The number of piperidine rings is 1. The van der Waals surface area contributed by atoms with E-state index in [9.17, 15) is 9.59 Å². The molecular weight excluding hydrogens is 444 g/mol. The highest BCUT2D eigenvalue weighted by Gasteiger charge is 2.21. The monoisotopic (exact) mass is 478 g/mol. The fraction of sp³-hybridized carbons (Fsp3) is 0.333. The number of hydrogen-bond acceptors (Lipinski definition) is 6. The summed E-state index contributed by atoms with van der Waals surface area (Å²) in [5.74, 6) is 0.601. The first-order valence-corrected chi connectivity index (χ1v) is 11.5. The molecule has 0 aliphatic carbocycles. The third-order valence-electron chi connectivity index (χ3n) is 5.64. The topological polar surface area (TPSA) is 104 Å². The van der Waals surface area contributed by atoms with E-state index in [1.807, 2.05) is 19.1 Å². The summed E-state index contributed by atoms with van der Waals surface area (Å²) in [6.07, 6.45) is 10.5. The molecule has 1 aromatic carbocycles. The van der Waals surface area contributed by atoms with Gasteiger partial charge >= 0.3 is 5.97 Å². The number of rotatable bonds is 12. The molecule has 0 saturated carbocycles. The maximum Gasteiger partial charge on any atom is 0.335 e. The Labute approximate surface area is 207 Å². The Morgan fingerprint density at radius 1 is 1.26 bits per heavy atom. The number of nitrogens with one attached hydrogen (secondary N) is 1. The van der Waals surface area contributed by atoms with E-state index in [0.29, 0.717) is 30.4 Å². The van der Waals surface area contributed by atoms with Gasteiger partial charge in [-0.1, -0.05) is 23.8 Å². The molecular formula is C27H34N4O4. The highest BCUT2D eigenvalue weighted by Crippen LogP contribution is 2.23. The van der Waals surface area contributed by atoms with Gasteiger partial charge in [0.1, 0.15) is 11.6 Å². The zero-order chi connectivity index (χ0) is 25.6. The minimum absolute atomic E-state index is 0.176. The molecule has 1 aromatic rings. The predicted octanol–water partition coefficient (Wildman–Crippen LogP) is 4.24. The quantitative estimate of drug-likeness (QED) is 0.266. The lowest BCUT2D eigenvalue weighted by Gasteiger charge is -2.33. The summed E-state index contributed by atoms with van der Waals surface area (Å²) < 4.78 is 5.84. The van der Waals surface area contributed by atoms with Crippen molar-refractivity contribution in [1.82, 2.24) is 10.2 Å². The molecule has 35 heavy (non-hydrogen) atoms. The highest BCUT2D eigenvalue weighted by atomic mass is 16.5. The molecule has 1 saturated heterocycles. The van der Waals surface area contributed by atoms with Crippen molar-refractivity contribution in [1.29, 1.82) is 0 Å². The molecule has 0 aromatic heterocycles. The summed E-state index contributed by atoms with van der Waals surface area (Å²) in [5, 5.41) is 12.0. The summed E-state index contributed by atoms with van der Waals surface area (Å²) in [6, 6.07) is 6.56. The molecule has 0 bridgehead atoms. The number of allylic oxidation sites excluding steroid dienone is 3. The van der Waals surface area contributed by atoms with Gasteiger partial charge < -0.3 is 20.1 Å². The van der Waals surface area contributed by atoms with E-state index in [1.165, 1.54) is 6.20 Å². The van der Waals surface area contributed by atoms with E-state index in [-0.39, 0.29) is 11.5 Å². The highest BCUT2D eigenvalue weighted by molar-refractivity contribution is 5.96. The predicted molar refractivity (Wildman–Crippen MR) is 140 cm³/mol. The van der Waals surface area contributed by atoms with Crippen molar-refractivity contribution >= 4 is 25.3 Å². The molecule has 2 rings (SSSR count). The van der Waals surface area contributed by atoms with Gasteiger partial charge in [-0.2, -0.15) is 0 Å². The Kier molecular flexibility index (Phi) is 11.2. The average molecular weight is 479 g/mol. The number of nitrogens with zero attached hydrogens (tertiary/aromatic N) is 3. The fourth-order valence-electron chi connectivity index (χ4n) is 3.55. The van der Waals surface area contributed by atoms with Crippen LogP contribution in [-0.2, 0) is 4.79 Å². The van der Waals surface area contributed by atoms with Crippen molar-refractivity contribution in [3.05, 3.63) is 77.3 Å². The normalized spacial score (nSPS) is 15.7. The summed E-state index contributed by atoms with van der Waals surface area (Å²) in [5.41, 5.74) is 1.72. The van der Waals surface area contributed by atoms with Crippen LogP contribution in [0.4, 0.5) is 0 Å². The van der Waals surface area contributed by atoms with Gasteiger partial charge in [0, 0.05) is 31.4 Å². The molecule has 186 valence electrons. The molecule has 8 nitrogen and oxygen atoms in total. The van der Waals surface area contributed by atoms with Gasteiger partial charge in [-0.05, 0) is 76.4 Å². The number of aliphatic imine (C=N–C) groups is 2. The average Bonchev–Trinajstić information content (AvgIpc) is 2.87. The van der Waals surface area contributed by atoms with Crippen LogP contribution >= 0.6 is 0 Å². The Bertz CT molecular complexity index is 1030. The smallest absolute Gasteiger partial charge is 0.335 e. The van der Waals surface area contributed by atoms with Crippen molar-refractivity contribution in [3.8, 4) is 5.75 Å². The molecule has 0 unspecified atom stereocenters. The van der Waals surface area contributed by atoms with E-state index >= 15 is 0 Å². The van der Waals surface area contributed by atoms with Crippen LogP contribution in [0.15, 0.2) is 81.7 Å². The van der Waals surface area contributed by atoms with E-state index in [1.54, 1.807) is 43.3 Å². The van der Waals surface area contributed by atoms with Crippen LogP contribution in [0.1, 0.15) is 37.0 Å². The zero-order valence-corrected chi connectivity index (χ0v) is 20.4. The van der Waals surface area contributed by atoms with Gasteiger partial charge in [0.05, 0.1) is 12.2 Å². The number of carboxylic acids is 1. The molecule has 0 spiro atoms. The van der Waals surface area contributed by atoms with Gasteiger partial charge in [-0.3, -0.25) is 9.79 Å². The van der Waals surface area contributed by atoms with Gasteiger partial charge in [-0.25, -0.2) is 9.79 Å². The number of carboxylic acid groups (broad SMARTS) is 1. The van der Waals surface area contributed by atoms with Crippen molar-refractivity contribution in [2.75, 3.05) is 26.2 Å². The number of ether oxygens (including phenoxy) is 1. The Balaban J connectivity index is 1.84. The van der Waals surface area contributed by atoms with E-state index in [0.717, 1.165) is 37.3 Å². The maximum atomic E-state index is 12.2. The van der Waals surface area contributed by atoms with Crippen molar-refractivity contribution in [3.63, 3.8) is 0 Å². The minimum Gasteiger partial charge on any atom is -0.493 e. The van der Waals surface area contributed by atoms with Crippen LogP contribution in [0.25, 0.3) is 0 Å². The molecule has 1 amide bonds. The van der Waals surface area contributed by atoms with Crippen molar-refractivity contribution in [2.24, 2.45) is 15.9 Å². The number of aromatic carboxylic acids is 1. The van der Waals surface area contributed by atoms with E-state index in [2.05, 4.69) is 33.6 Å². The van der Waals surface area contributed by atoms with Crippen molar-refractivity contribution in [2.45, 2.75) is 26.7 Å². The lowest BCUT2D eigenvalue weighted by atomic mass is 9.98. The van der Waals surface area contributed by atoms with E-state index < -0.39 is 5.97 Å². The Hall–Kier alpha value is -3.94. The summed E-state index contributed by atoms with van der Waals surface area (Å²) in [6.45, 7) is 13.4. The number of likely N-dealkylation sites (tertiary alicyclic amines) is 1. The number of carbonyl (C=O) groups excluding carboxylic acids is 1. The van der Waals surface area contributed by atoms with Crippen LogP contribution in [0.2, 0.25) is 0 Å². The molecule has 0 radical (unpaired) electrons. The molecule has 1 aliphatic heterocycles. The lowest BCUT2D eigenvalue weighted by Crippen LogP contribution is -2.34. The summed E-state index contributed by atoms with van der Waals surface area (Å²) in [7, 11) is 0. The molecule has 2 N–H and O–H groups in total. The van der Waals surface area contributed by atoms with Crippen molar-refractivity contribution < 1.29 is 19.4 Å². The SMILES string of the molecule is C=N/C=C\C(=C/C)C(=O)NC/C(C)=C/C=C(\N=C)N1CCC(COc2cccc(C(=O)O)c2)CC1. The molecule has 1 heterocycles. The molecule has 0 atom stereocenters. The molecule has 1 aliphatic rings. The third kappa shape index (κ3) is 9.08. The van der Waals surface area contributed by atoms with Crippen LogP contribution < -0.4 is 10.1 Å². The number of benzene rings is 1. The standard InChI is InChI=1S/C27H34N4O4/c1-5-22(11-14-28-3)26(32)30-18-20(2)9-10-25(29-4)31-15-12-21(13-16-31)19-35-24-8-6-7-23(17-24)27(33)34/h5-11,14,17,21H,3-4,12-13,15-16,18-19H2,1-2H3,(H,30,32)(H,33,34)/b14-11-,20-9+,22-5+,25-10+. The van der Waals surface area contributed by atoms with Gasteiger partial charge in [0.25, 0.3) is 5.91 Å². The second-order valence-electron chi connectivity index (χ2n) is 8.20. The second-order valence-corrected chi connectivity index (χ2v) is 8.20. The van der Waals surface area contributed by atoms with Crippen LogP contribution in [0.5, 0.6) is 5.75 Å². The molecule has 8 heteroatoms. The Morgan fingerprint density at radius 2 is 2.00 bits per heavy atom. The first-order valence-electron chi connectivity index (χ1n) is 11.5. The number of hydrogen-bond donors (Lipinski definition) is 2. The third-order valence-corrected chi connectivity index (χ3v) is 5.64. The lowest BCUT2D eigenvalue weighted by molar-refractivity contribution is -0.117. The molecule has 1 fully saturated rings.